The molecule has 0 aliphatic heterocycles. The zero-order valence-electron chi connectivity index (χ0n) is 13.1. The molecule has 0 amide bonds. The zero-order chi connectivity index (χ0) is 16.9. The molecule has 0 fully saturated rings. The van der Waals surface area contributed by atoms with Gasteiger partial charge in [0.15, 0.2) is 0 Å². The first-order valence-corrected chi connectivity index (χ1v) is 7.41. The van der Waals surface area contributed by atoms with E-state index < -0.39 is 5.97 Å². The minimum absolute atomic E-state index is 0.0820. The van der Waals surface area contributed by atoms with Gasteiger partial charge in [-0.25, -0.2) is 4.98 Å². The van der Waals surface area contributed by atoms with Crippen molar-refractivity contribution >= 4 is 16.9 Å². The fraction of sp³-hybridized carbons (Fsp3) is 0.167. The summed E-state index contributed by atoms with van der Waals surface area (Å²) in [5.74, 6) is 0.134. The third kappa shape index (κ3) is 3.27. The number of hydrogen-bond donors (Lipinski definition) is 0. The molecule has 6 heteroatoms. The molecule has 1 heterocycles. The standard InChI is InChI=1S/C18H16N2O4/c1-23-16-9-5-2-6-13(16)11-24-17(21)10-20-12-19-15-8-4-3-7-14(15)18(20)22/h2-9,12H,10-11H2,1H3. The van der Waals surface area contributed by atoms with Crippen molar-refractivity contribution in [3.05, 3.63) is 70.8 Å². The number of rotatable bonds is 5. The van der Waals surface area contributed by atoms with Gasteiger partial charge < -0.3 is 9.47 Å². The van der Waals surface area contributed by atoms with Crippen LogP contribution in [0, 0.1) is 0 Å². The van der Waals surface area contributed by atoms with Crippen LogP contribution in [-0.2, 0) is 22.7 Å². The summed E-state index contributed by atoms with van der Waals surface area (Å²) < 4.78 is 11.7. The number of hydrogen-bond acceptors (Lipinski definition) is 5. The van der Waals surface area contributed by atoms with Gasteiger partial charge in [0.25, 0.3) is 5.56 Å². The van der Waals surface area contributed by atoms with E-state index in [1.165, 1.54) is 10.9 Å². The number of aromatic nitrogens is 2. The summed E-state index contributed by atoms with van der Waals surface area (Å²) in [6.07, 6.45) is 1.36. The van der Waals surface area contributed by atoms with Crippen molar-refractivity contribution in [1.82, 2.24) is 9.55 Å². The highest BCUT2D eigenvalue weighted by Crippen LogP contribution is 2.18. The number of esters is 1. The quantitative estimate of drug-likeness (QED) is 0.673. The number of methoxy groups -OCH3 is 1. The number of carbonyl (C=O) groups excluding carboxylic acids is 1. The Morgan fingerprint density at radius 3 is 2.71 bits per heavy atom. The maximum Gasteiger partial charge on any atom is 0.326 e. The second kappa shape index (κ2) is 6.95. The first-order valence-electron chi connectivity index (χ1n) is 7.41. The molecule has 0 radical (unpaired) electrons. The zero-order valence-corrected chi connectivity index (χ0v) is 13.1. The molecule has 0 saturated heterocycles. The van der Waals surface area contributed by atoms with Crippen LogP contribution in [0.4, 0.5) is 0 Å². The van der Waals surface area contributed by atoms with Crippen molar-refractivity contribution in [2.24, 2.45) is 0 Å². The van der Waals surface area contributed by atoms with Gasteiger partial charge in [-0.15, -0.1) is 0 Å². The normalized spacial score (nSPS) is 10.5. The average Bonchev–Trinajstić information content (AvgIpc) is 2.63. The molecular formula is C18H16N2O4. The van der Waals surface area contributed by atoms with Crippen molar-refractivity contribution in [2.45, 2.75) is 13.2 Å². The Balaban J connectivity index is 1.71. The summed E-state index contributed by atoms with van der Waals surface area (Å²) in [6.45, 7) is -0.107. The van der Waals surface area contributed by atoms with Crippen molar-refractivity contribution in [2.75, 3.05) is 7.11 Å². The molecule has 24 heavy (non-hydrogen) atoms. The lowest BCUT2D eigenvalue weighted by atomic mass is 10.2. The summed E-state index contributed by atoms with van der Waals surface area (Å²) in [6, 6.07) is 14.3. The lowest BCUT2D eigenvalue weighted by molar-refractivity contribution is -0.145. The summed E-state index contributed by atoms with van der Waals surface area (Å²) in [7, 11) is 1.56. The molecular weight excluding hydrogens is 308 g/mol. The van der Waals surface area contributed by atoms with E-state index in [1.54, 1.807) is 37.4 Å². The lowest BCUT2D eigenvalue weighted by Gasteiger charge is -2.10. The molecule has 0 spiro atoms. The van der Waals surface area contributed by atoms with Gasteiger partial charge in [0.2, 0.25) is 0 Å². The van der Waals surface area contributed by atoms with E-state index in [4.69, 9.17) is 9.47 Å². The van der Waals surface area contributed by atoms with Crippen LogP contribution in [0.25, 0.3) is 10.9 Å². The molecule has 0 bridgehead atoms. The topological polar surface area (TPSA) is 70.4 Å². The Kier molecular flexibility index (Phi) is 4.56. The van der Waals surface area contributed by atoms with E-state index in [0.29, 0.717) is 16.7 Å². The van der Waals surface area contributed by atoms with Gasteiger partial charge in [-0.05, 0) is 18.2 Å². The van der Waals surface area contributed by atoms with Crippen molar-refractivity contribution in [3.8, 4) is 5.75 Å². The van der Waals surface area contributed by atoms with Gasteiger partial charge in [0, 0.05) is 5.56 Å². The van der Waals surface area contributed by atoms with Crippen LogP contribution in [0.5, 0.6) is 5.75 Å². The van der Waals surface area contributed by atoms with Gasteiger partial charge in [0.05, 0.1) is 24.3 Å². The van der Waals surface area contributed by atoms with E-state index in [2.05, 4.69) is 4.98 Å². The molecule has 6 nitrogen and oxygen atoms in total. The molecule has 0 aliphatic carbocycles. The Morgan fingerprint density at radius 1 is 1.12 bits per heavy atom. The smallest absolute Gasteiger partial charge is 0.326 e. The van der Waals surface area contributed by atoms with Crippen molar-refractivity contribution < 1.29 is 14.3 Å². The highest BCUT2D eigenvalue weighted by atomic mass is 16.5. The van der Waals surface area contributed by atoms with Gasteiger partial charge in [-0.1, -0.05) is 30.3 Å². The summed E-state index contributed by atoms with van der Waals surface area (Å²) in [5.41, 5.74) is 1.09. The van der Waals surface area contributed by atoms with Crippen LogP contribution in [0.2, 0.25) is 0 Å². The molecule has 2 aromatic carbocycles. The Labute approximate surface area is 138 Å². The van der Waals surface area contributed by atoms with Crippen LogP contribution in [0.15, 0.2) is 59.7 Å². The summed E-state index contributed by atoms with van der Waals surface area (Å²) in [5, 5.41) is 0.470. The van der Waals surface area contributed by atoms with E-state index >= 15 is 0 Å². The molecule has 0 aliphatic rings. The predicted molar refractivity (Wildman–Crippen MR) is 88.8 cm³/mol. The molecule has 0 unspecified atom stereocenters. The van der Waals surface area contributed by atoms with Crippen LogP contribution in [-0.4, -0.2) is 22.6 Å². The molecule has 0 N–H and O–H groups in total. The molecule has 0 atom stereocenters. The van der Waals surface area contributed by atoms with E-state index in [-0.39, 0.29) is 18.7 Å². The molecule has 1 aromatic heterocycles. The maximum absolute atomic E-state index is 12.3. The van der Waals surface area contributed by atoms with Crippen LogP contribution >= 0.6 is 0 Å². The van der Waals surface area contributed by atoms with Crippen molar-refractivity contribution in [1.29, 1.82) is 0 Å². The largest absolute Gasteiger partial charge is 0.496 e. The highest BCUT2D eigenvalue weighted by molar-refractivity contribution is 5.77. The van der Waals surface area contributed by atoms with Crippen LogP contribution < -0.4 is 10.3 Å². The number of para-hydroxylation sites is 2. The Morgan fingerprint density at radius 2 is 1.88 bits per heavy atom. The fourth-order valence-corrected chi connectivity index (χ4v) is 2.38. The first kappa shape index (κ1) is 15.7. The van der Waals surface area contributed by atoms with Gasteiger partial charge in [-0.3, -0.25) is 14.2 Å². The summed E-state index contributed by atoms with van der Waals surface area (Å²) >= 11 is 0. The number of nitrogens with zero attached hydrogens (tertiary/aromatic N) is 2. The van der Waals surface area contributed by atoms with Gasteiger partial charge in [0.1, 0.15) is 18.9 Å². The van der Waals surface area contributed by atoms with E-state index in [1.807, 2.05) is 18.2 Å². The second-order valence-electron chi connectivity index (χ2n) is 5.17. The van der Waals surface area contributed by atoms with E-state index in [9.17, 15) is 9.59 Å². The first-order chi connectivity index (χ1) is 11.7. The van der Waals surface area contributed by atoms with E-state index in [0.717, 1.165) is 5.56 Å². The maximum atomic E-state index is 12.3. The van der Waals surface area contributed by atoms with Crippen molar-refractivity contribution in [3.63, 3.8) is 0 Å². The number of carbonyl (C=O) groups is 1. The Bertz CT molecular complexity index is 933. The SMILES string of the molecule is COc1ccccc1COC(=O)Cn1cnc2ccccc2c1=O. The van der Waals surface area contributed by atoms with Gasteiger partial charge in [-0.2, -0.15) is 0 Å². The molecule has 122 valence electrons. The lowest BCUT2D eigenvalue weighted by Crippen LogP contribution is -2.25. The Hall–Kier alpha value is -3.15. The second-order valence-corrected chi connectivity index (χ2v) is 5.17. The average molecular weight is 324 g/mol. The fourth-order valence-electron chi connectivity index (χ4n) is 2.38. The third-order valence-electron chi connectivity index (χ3n) is 3.61. The minimum Gasteiger partial charge on any atom is -0.496 e. The number of fused-ring (bicyclic) bond motifs is 1. The third-order valence-corrected chi connectivity index (χ3v) is 3.61. The molecule has 3 aromatic rings. The minimum atomic E-state index is -0.514. The summed E-state index contributed by atoms with van der Waals surface area (Å²) in [4.78, 5) is 28.5. The molecule has 3 rings (SSSR count). The highest BCUT2D eigenvalue weighted by Gasteiger charge is 2.10. The predicted octanol–water partition coefficient (Wildman–Crippen LogP) is 2.15. The number of benzene rings is 2. The number of ether oxygens (including phenoxy) is 2. The molecule has 0 saturated carbocycles. The monoisotopic (exact) mass is 324 g/mol. The van der Waals surface area contributed by atoms with Gasteiger partial charge >= 0.3 is 5.97 Å². The van der Waals surface area contributed by atoms with Crippen LogP contribution in [0.1, 0.15) is 5.56 Å². The van der Waals surface area contributed by atoms with Crippen LogP contribution in [0.3, 0.4) is 0 Å².